The molecule has 0 amide bonds. The molecule has 108 valence electrons. The van der Waals surface area contributed by atoms with Crippen LogP contribution in [-0.2, 0) is 13.2 Å². The van der Waals surface area contributed by atoms with E-state index in [1.54, 1.807) is 16.8 Å². The Balaban J connectivity index is 2.09. The molecule has 0 bridgehead atoms. The van der Waals surface area contributed by atoms with Gasteiger partial charge in [-0.1, -0.05) is 23.7 Å². The molecule has 0 aliphatic heterocycles. The van der Waals surface area contributed by atoms with Crippen molar-refractivity contribution in [2.75, 3.05) is 0 Å². The largest absolute Gasteiger partial charge is 0.485 e. The molecule has 0 fully saturated rings. The summed E-state index contributed by atoms with van der Waals surface area (Å²) in [6.45, 7) is 7.56. The maximum absolute atomic E-state index is 6.25. The number of para-hydroxylation sites is 1. The highest BCUT2D eigenvalue weighted by atomic mass is 35.5. The minimum Gasteiger partial charge on any atom is -0.485 e. The van der Waals surface area contributed by atoms with Crippen molar-refractivity contribution in [1.29, 1.82) is 0 Å². The Hall–Kier alpha value is -1.10. The minimum atomic E-state index is 0.0501. The number of halogens is 1. The van der Waals surface area contributed by atoms with E-state index in [9.17, 15) is 0 Å². The van der Waals surface area contributed by atoms with Gasteiger partial charge in [-0.05, 0) is 26.8 Å². The fraction of sp³-hybridized carbons (Fsp3) is 0.400. The van der Waals surface area contributed by atoms with Gasteiger partial charge >= 0.3 is 0 Å². The van der Waals surface area contributed by atoms with Crippen LogP contribution in [0.2, 0.25) is 5.02 Å². The first kappa shape index (κ1) is 15.3. The lowest BCUT2D eigenvalue weighted by atomic mass is 10.1. The third-order valence-corrected chi connectivity index (χ3v) is 3.64. The van der Waals surface area contributed by atoms with Crippen LogP contribution < -0.4 is 10.1 Å². The number of hydrogen-bond acceptors (Lipinski definition) is 4. The minimum absolute atomic E-state index is 0.0501. The molecule has 0 saturated carbocycles. The van der Waals surface area contributed by atoms with E-state index >= 15 is 0 Å². The molecule has 1 heterocycles. The van der Waals surface area contributed by atoms with Gasteiger partial charge in [0.15, 0.2) is 0 Å². The number of thiazole rings is 1. The average Bonchev–Trinajstić information content (AvgIpc) is 2.87. The highest BCUT2D eigenvalue weighted by Gasteiger charge is 2.13. The summed E-state index contributed by atoms with van der Waals surface area (Å²) in [5, 5.41) is 6.06. The van der Waals surface area contributed by atoms with Gasteiger partial charge in [0.05, 0.1) is 16.2 Å². The first-order chi connectivity index (χ1) is 9.46. The molecule has 0 unspecified atom stereocenters. The number of ether oxygens (including phenoxy) is 1. The number of benzene rings is 1. The maximum Gasteiger partial charge on any atom is 0.142 e. The van der Waals surface area contributed by atoms with Crippen molar-refractivity contribution in [2.45, 2.75) is 39.5 Å². The predicted octanol–water partition coefficient (Wildman–Crippen LogP) is 4.26. The molecule has 0 aliphatic carbocycles. The van der Waals surface area contributed by atoms with Crippen LogP contribution in [0.15, 0.2) is 29.1 Å². The molecule has 5 heteroatoms. The molecule has 1 aromatic carbocycles. The summed E-state index contributed by atoms with van der Waals surface area (Å²) in [5.41, 5.74) is 3.83. The first-order valence-corrected chi connectivity index (χ1v) is 7.80. The zero-order valence-corrected chi connectivity index (χ0v) is 13.5. The van der Waals surface area contributed by atoms with Gasteiger partial charge < -0.3 is 10.1 Å². The Kier molecular flexibility index (Phi) is 5.02. The first-order valence-electron chi connectivity index (χ1n) is 6.48. The topological polar surface area (TPSA) is 34.1 Å². The van der Waals surface area contributed by atoms with Crippen LogP contribution in [0, 0.1) is 0 Å². The van der Waals surface area contributed by atoms with Crippen molar-refractivity contribution >= 4 is 22.9 Å². The quantitative estimate of drug-likeness (QED) is 0.896. The van der Waals surface area contributed by atoms with E-state index in [-0.39, 0.29) is 5.54 Å². The smallest absolute Gasteiger partial charge is 0.142 e. The zero-order chi connectivity index (χ0) is 14.6. The summed E-state index contributed by atoms with van der Waals surface area (Å²) in [6.07, 6.45) is 0. The number of nitrogens with zero attached hydrogens (tertiary/aromatic N) is 1. The van der Waals surface area contributed by atoms with Crippen LogP contribution in [0.25, 0.3) is 0 Å². The number of aromatic nitrogens is 1. The Labute approximate surface area is 129 Å². The third-order valence-electron chi connectivity index (χ3n) is 2.71. The lowest BCUT2D eigenvalue weighted by Gasteiger charge is -2.22. The van der Waals surface area contributed by atoms with Gasteiger partial charge in [0.25, 0.3) is 0 Å². The van der Waals surface area contributed by atoms with Crippen molar-refractivity contribution in [3.63, 3.8) is 0 Å². The van der Waals surface area contributed by atoms with Crippen molar-refractivity contribution in [3.05, 3.63) is 45.4 Å². The van der Waals surface area contributed by atoms with Gasteiger partial charge in [0, 0.05) is 23.0 Å². The van der Waals surface area contributed by atoms with Crippen molar-refractivity contribution < 1.29 is 4.74 Å². The summed E-state index contributed by atoms with van der Waals surface area (Å²) in [5.74, 6) is 0.735. The molecule has 1 aromatic heterocycles. The fourth-order valence-electron chi connectivity index (χ4n) is 1.67. The second-order valence-electron chi connectivity index (χ2n) is 5.60. The Morgan fingerprint density at radius 2 is 2.15 bits per heavy atom. The molecular weight excluding hydrogens is 292 g/mol. The summed E-state index contributed by atoms with van der Waals surface area (Å²) in [6, 6.07) is 5.82. The van der Waals surface area contributed by atoms with Crippen LogP contribution in [-0.4, -0.2) is 10.5 Å². The molecule has 0 aliphatic rings. The van der Waals surface area contributed by atoms with E-state index < -0.39 is 0 Å². The molecule has 1 N–H and O–H groups in total. The summed E-state index contributed by atoms with van der Waals surface area (Å²) < 4.78 is 5.85. The van der Waals surface area contributed by atoms with Gasteiger partial charge in [-0.25, -0.2) is 4.98 Å². The zero-order valence-electron chi connectivity index (χ0n) is 11.9. The summed E-state index contributed by atoms with van der Waals surface area (Å²) >= 11 is 7.81. The Morgan fingerprint density at radius 3 is 2.80 bits per heavy atom. The van der Waals surface area contributed by atoms with Crippen LogP contribution in [0.4, 0.5) is 0 Å². The molecule has 2 aromatic rings. The van der Waals surface area contributed by atoms with E-state index in [0.29, 0.717) is 11.6 Å². The van der Waals surface area contributed by atoms with Gasteiger partial charge in [0.1, 0.15) is 12.4 Å². The Morgan fingerprint density at radius 1 is 1.35 bits per heavy atom. The fourth-order valence-corrected chi connectivity index (χ4v) is 2.46. The average molecular weight is 311 g/mol. The molecule has 0 atom stereocenters. The second kappa shape index (κ2) is 6.57. The molecule has 20 heavy (non-hydrogen) atoms. The van der Waals surface area contributed by atoms with Crippen molar-refractivity contribution in [1.82, 2.24) is 10.3 Å². The van der Waals surface area contributed by atoms with Crippen LogP contribution in [0.5, 0.6) is 5.75 Å². The number of rotatable bonds is 5. The Bertz CT molecular complexity index is 549. The van der Waals surface area contributed by atoms with Gasteiger partial charge in [-0.3, -0.25) is 0 Å². The highest BCUT2D eigenvalue weighted by molar-refractivity contribution is 7.07. The SMILES string of the molecule is CC(C)(C)NCc1cccc(Cl)c1OCc1cscn1. The molecule has 0 saturated heterocycles. The van der Waals surface area contributed by atoms with Crippen LogP contribution in [0.1, 0.15) is 32.0 Å². The van der Waals surface area contributed by atoms with Crippen molar-refractivity contribution in [2.24, 2.45) is 0 Å². The van der Waals surface area contributed by atoms with E-state index in [1.807, 2.05) is 23.6 Å². The predicted molar refractivity (Wildman–Crippen MR) is 84.5 cm³/mol. The van der Waals surface area contributed by atoms with Gasteiger partial charge in [-0.15, -0.1) is 11.3 Å². The van der Waals surface area contributed by atoms with E-state index in [0.717, 1.165) is 23.6 Å². The normalized spacial score (nSPS) is 11.6. The molecular formula is C15H19ClN2OS. The van der Waals surface area contributed by atoms with E-state index in [2.05, 4.69) is 31.1 Å². The highest BCUT2D eigenvalue weighted by Crippen LogP contribution is 2.29. The lowest BCUT2D eigenvalue weighted by Crippen LogP contribution is -2.35. The van der Waals surface area contributed by atoms with E-state index in [4.69, 9.17) is 16.3 Å². The standard InChI is InChI=1S/C15H19ClN2OS/c1-15(2,3)18-7-11-5-4-6-13(16)14(11)19-8-12-9-20-10-17-12/h4-6,9-10,18H,7-8H2,1-3H3. The monoisotopic (exact) mass is 310 g/mol. The molecule has 0 spiro atoms. The van der Waals surface area contributed by atoms with Crippen LogP contribution in [0.3, 0.4) is 0 Å². The number of hydrogen-bond donors (Lipinski definition) is 1. The summed E-state index contributed by atoms with van der Waals surface area (Å²) in [4.78, 5) is 4.21. The number of nitrogens with one attached hydrogen (secondary N) is 1. The van der Waals surface area contributed by atoms with Gasteiger partial charge in [0.2, 0.25) is 0 Å². The molecule has 2 rings (SSSR count). The van der Waals surface area contributed by atoms with Gasteiger partial charge in [-0.2, -0.15) is 0 Å². The molecule has 0 radical (unpaired) electrons. The molecule has 3 nitrogen and oxygen atoms in total. The van der Waals surface area contributed by atoms with Crippen molar-refractivity contribution in [3.8, 4) is 5.75 Å². The second-order valence-corrected chi connectivity index (χ2v) is 6.73. The van der Waals surface area contributed by atoms with Crippen LogP contribution >= 0.6 is 22.9 Å². The summed E-state index contributed by atoms with van der Waals surface area (Å²) in [7, 11) is 0. The maximum atomic E-state index is 6.25. The lowest BCUT2D eigenvalue weighted by molar-refractivity contribution is 0.296. The third kappa shape index (κ3) is 4.47. The van der Waals surface area contributed by atoms with E-state index in [1.165, 1.54) is 0 Å².